The summed E-state index contributed by atoms with van der Waals surface area (Å²) in [5.41, 5.74) is 3.25. The zero-order valence-electron chi connectivity index (χ0n) is 12.7. The number of Topliss-reactive ketones (excluding diaryl/α,β-unsaturated/α-hetero) is 1. The quantitative estimate of drug-likeness (QED) is 0.361. The highest BCUT2D eigenvalue weighted by molar-refractivity contribution is 7.82. The summed E-state index contributed by atoms with van der Waals surface area (Å²) in [5.74, 6) is -0.366. The Morgan fingerprint density at radius 3 is 2.38 bits per heavy atom. The van der Waals surface area contributed by atoms with Crippen molar-refractivity contribution in [3.63, 3.8) is 0 Å². The number of hydrogen-bond donors (Lipinski definition) is 2. The summed E-state index contributed by atoms with van der Waals surface area (Å²) in [6.07, 6.45) is 0. The number of hydrogen-bond acceptors (Lipinski definition) is 6. The van der Waals surface area contributed by atoms with E-state index in [4.69, 9.17) is 12.2 Å². The molecule has 0 aliphatic heterocycles. The maximum absolute atomic E-state index is 11.8. The van der Waals surface area contributed by atoms with Gasteiger partial charge in [0, 0.05) is 18.7 Å². The summed E-state index contributed by atoms with van der Waals surface area (Å²) in [6.45, 7) is 1.32. The predicted octanol–water partition coefficient (Wildman–Crippen LogP) is 3.39. The van der Waals surface area contributed by atoms with Crippen molar-refractivity contribution in [3.8, 4) is 0 Å². The van der Waals surface area contributed by atoms with Gasteiger partial charge in [0.1, 0.15) is 10.7 Å². The summed E-state index contributed by atoms with van der Waals surface area (Å²) in [6, 6.07) is 15.1. The molecular weight excluding hydrogens is 328 g/mol. The minimum absolute atomic E-state index is 0.0213. The molecule has 0 atom stereocenters. The third-order valence-electron chi connectivity index (χ3n) is 2.97. The van der Waals surface area contributed by atoms with Crippen LogP contribution in [0.25, 0.3) is 0 Å². The van der Waals surface area contributed by atoms with Gasteiger partial charge in [0.15, 0.2) is 11.5 Å². The Kier molecular flexibility index (Phi) is 5.69. The van der Waals surface area contributed by atoms with Crippen molar-refractivity contribution in [3.05, 3.63) is 64.7 Å². The molecule has 8 heteroatoms. The smallest absolute Gasteiger partial charge is 0.294 e. The van der Waals surface area contributed by atoms with Crippen LogP contribution in [0.4, 0.5) is 17.1 Å². The molecule has 0 saturated heterocycles. The summed E-state index contributed by atoms with van der Waals surface area (Å²) >= 11 is 5.20. The Balaban J connectivity index is 2.22. The van der Waals surface area contributed by atoms with Crippen LogP contribution in [0.3, 0.4) is 0 Å². The zero-order valence-corrected chi connectivity index (χ0v) is 13.5. The van der Waals surface area contributed by atoms with E-state index in [2.05, 4.69) is 15.8 Å². The third kappa shape index (κ3) is 4.43. The monoisotopic (exact) mass is 342 g/mol. The number of anilines is 2. The van der Waals surface area contributed by atoms with Gasteiger partial charge >= 0.3 is 0 Å². The van der Waals surface area contributed by atoms with Crippen LogP contribution in [-0.2, 0) is 4.79 Å². The number of hydrazone groups is 1. The fourth-order valence-corrected chi connectivity index (χ4v) is 2.15. The van der Waals surface area contributed by atoms with Crippen LogP contribution in [0.5, 0.6) is 0 Å². The van der Waals surface area contributed by atoms with Gasteiger partial charge in [-0.1, -0.05) is 42.5 Å². The van der Waals surface area contributed by atoms with Gasteiger partial charge in [0.05, 0.1) is 4.92 Å². The SMILES string of the molecule is CC(=O)/C(=N/Nc1ccccc1[N+](=O)[O-])C(=S)Nc1ccccc1. The van der Waals surface area contributed by atoms with Crippen LogP contribution >= 0.6 is 12.2 Å². The van der Waals surface area contributed by atoms with Gasteiger partial charge in [-0.2, -0.15) is 5.10 Å². The second kappa shape index (κ2) is 7.93. The van der Waals surface area contributed by atoms with Gasteiger partial charge in [0.2, 0.25) is 0 Å². The predicted molar refractivity (Wildman–Crippen MR) is 97.5 cm³/mol. The van der Waals surface area contributed by atoms with Gasteiger partial charge in [-0.3, -0.25) is 20.3 Å². The maximum Gasteiger partial charge on any atom is 0.294 e. The number of rotatable bonds is 6. The van der Waals surface area contributed by atoms with E-state index < -0.39 is 4.92 Å². The molecule has 0 aromatic heterocycles. The lowest BCUT2D eigenvalue weighted by Crippen LogP contribution is -2.27. The molecule has 0 unspecified atom stereocenters. The van der Waals surface area contributed by atoms with Gasteiger partial charge < -0.3 is 5.32 Å². The Bertz CT molecular complexity index is 806. The fraction of sp³-hybridized carbons (Fsp3) is 0.0625. The second-order valence-corrected chi connectivity index (χ2v) is 5.13. The normalized spacial score (nSPS) is 10.8. The number of carbonyl (C=O) groups excluding carboxylic acids is 1. The van der Waals surface area contributed by atoms with Crippen LogP contribution in [0.2, 0.25) is 0 Å². The van der Waals surface area contributed by atoms with Gasteiger partial charge in [-0.05, 0) is 18.2 Å². The van der Waals surface area contributed by atoms with Crippen molar-refractivity contribution in [1.29, 1.82) is 0 Å². The van der Waals surface area contributed by atoms with E-state index in [1.165, 1.54) is 19.1 Å². The molecule has 2 N–H and O–H groups in total. The number of thiocarbonyl (C=S) groups is 1. The number of nitrogens with one attached hydrogen (secondary N) is 2. The lowest BCUT2D eigenvalue weighted by Gasteiger charge is -2.09. The standard InChI is InChI=1S/C16H14N4O3S/c1-11(21)15(16(24)17-12-7-3-2-4-8-12)19-18-13-9-5-6-10-14(13)20(22)23/h2-10,18H,1H3,(H,17,24)/b19-15-. The minimum Gasteiger partial charge on any atom is -0.345 e. The lowest BCUT2D eigenvalue weighted by atomic mass is 10.2. The van der Waals surface area contributed by atoms with Crippen molar-refractivity contribution in [2.75, 3.05) is 10.7 Å². The van der Waals surface area contributed by atoms with Crippen LogP contribution < -0.4 is 10.7 Å². The number of benzene rings is 2. The Morgan fingerprint density at radius 2 is 1.75 bits per heavy atom. The van der Waals surface area contributed by atoms with Crippen molar-refractivity contribution in [1.82, 2.24) is 0 Å². The summed E-state index contributed by atoms with van der Waals surface area (Å²) in [4.78, 5) is 22.4. The topological polar surface area (TPSA) is 96.6 Å². The van der Waals surface area contributed by atoms with Crippen molar-refractivity contribution in [2.24, 2.45) is 5.10 Å². The molecular formula is C16H14N4O3S. The van der Waals surface area contributed by atoms with Crippen molar-refractivity contribution >= 4 is 45.8 Å². The first kappa shape index (κ1) is 17.2. The highest BCUT2D eigenvalue weighted by atomic mass is 32.1. The van der Waals surface area contributed by atoms with E-state index in [0.717, 1.165) is 0 Å². The largest absolute Gasteiger partial charge is 0.345 e. The van der Waals surface area contributed by atoms with E-state index in [1.54, 1.807) is 24.3 Å². The number of nitro benzene ring substituents is 1. The molecule has 7 nitrogen and oxygen atoms in total. The lowest BCUT2D eigenvalue weighted by molar-refractivity contribution is -0.384. The van der Waals surface area contributed by atoms with Crippen molar-refractivity contribution in [2.45, 2.75) is 6.92 Å². The number of para-hydroxylation sites is 3. The fourth-order valence-electron chi connectivity index (χ4n) is 1.84. The number of nitrogens with zero attached hydrogens (tertiary/aromatic N) is 2. The first-order chi connectivity index (χ1) is 11.5. The molecule has 0 bridgehead atoms. The molecule has 2 aromatic rings. The average Bonchev–Trinajstić information content (AvgIpc) is 2.56. The maximum atomic E-state index is 11.8. The van der Waals surface area contributed by atoms with Crippen LogP contribution in [-0.4, -0.2) is 21.4 Å². The van der Waals surface area contributed by atoms with Gasteiger partial charge in [-0.25, -0.2) is 0 Å². The van der Waals surface area contributed by atoms with E-state index in [1.807, 2.05) is 18.2 Å². The van der Waals surface area contributed by atoms with Crippen LogP contribution in [0.1, 0.15) is 6.92 Å². The number of nitro groups is 1. The Morgan fingerprint density at radius 1 is 1.12 bits per heavy atom. The zero-order chi connectivity index (χ0) is 17.5. The molecule has 24 heavy (non-hydrogen) atoms. The van der Waals surface area contributed by atoms with Crippen molar-refractivity contribution < 1.29 is 9.72 Å². The van der Waals surface area contributed by atoms with E-state index >= 15 is 0 Å². The van der Waals surface area contributed by atoms with Gasteiger partial charge in [-0.15, -0.1) is 0 Å². The molecule has 0 heterocycles. The summed E-state index contributed by atoms with van der Waals surface area (Å²) in [5, 5.41) is 17.8. The minimum atomic E-state index is -0.536. The van der Waals surface area contributed by atoms with E-state index in [-0.39, 0.29) is 27.9 Å². The summed E-state index contributed by atoms with van der Waals surface area (Å²) in [7, 11) is 0. The van der Waals surface area contributed by atoms with E-state index in [9.17, 15) is 14.9 Å². The molecule has 2 rings (SSSR count). The molecule has 0 aliphatic carbocycles. The first-order valence-corrected chi connectivity index (χ1v) is 7.34. The summed E-state index contributed by atoms with van der Waals surface area (Å²) < 4.78 is 0. The molecule has 0 spiro atoms. The Labute approximate surface area is 143 Å². The van der Waals surface area contributed by atoms with Gasteiger partial charge in [0.25, 0.3) is 5.69 Å². The third-order valence-corrected chi connectivity index (χ3v) is 3.26. The highest BCUT2D eigenvalue weighted by Crippen LogP contribution is 2.23. The van der Waals surface area contributed by atoms with Crippen LogP contribution in [0, 0.1) is 10.1 Å². The molecule has 0 radical (unpaired) electrons. The average molecular weight is 342 g/mol. The first-order valence-electron chi connectivity index (χ1n) is 6.93. The Hall–Kier alpha value is -3.13. The molecule has 122 valence electrons. The number of carbonyl (C=O) groups is 1. The highest BCUT2D eigenvalue weighted by Gasteiger charge is 2.15. The second-order valence-electron chi connectivity index (χ2n) is 4.72. The van der Waals surface area contributed by atoms with E-state index in [0.29, 0.717) is 5.69 Å². The number of ketones is 1. The molecule has 2 aromatic carbocycles. The molecule has 0 saturated carbocycles. The molecule has 0 amide bonds. The van der Waals surface area contributed by atoms with Crippen LogP contribution in [0.15, 0.2) is 59.7 Å². The molecule has 0 fully saturated rings. The molecule has 0 aliphatic rings.